The summed E-state index contributed by atoms with van der Waals surface area (Å²) in [6.07, 6.45) is 29.5. The summed E-state index contributed by atoms with van der Waals surface area (Å²) >= 11 is 0. The summed E-state index contributed by atoms with van der Waals surface area (Å²) in [7, 11) is 0. The molecule has 25 heavy (non-hydrogen) atoms. The van der Waals surface area contributed by atoms with Gasteiger partial charge in [0.25, 0.3) is 0 Å². The lowest BCUT2D eigenvalue weighted by molar-refractivity contribution is 0.255. The molecule has 0 aromatic heterocycles. The van der Waals surface area contributed by atoms with Gasteiger partial charge in [0.2, 0.25) is 0 Å². The molecule has 0 radical (unpaired) electrons. The van der Waals surface area contributed by atoms with E-state index in [1.54, 1.807) is 0 Å². The normalized spacial score (nSPS) is 12.5. The van der Waals surface area contributed by atoms with Gasteiger partial charge in [0.05, 0.1) is 0 Å². The Morgan fingerprint density at radius 3 is 1.04 bits per heavy atom. The maximum Gasteiger partial charge on any atom is -0.00187 e. The number of hydrogen-bond donors (Lipinski definition) is 0. The molecule has 0 aliphatic heterocycles. The van der Waals surface area contributed by atoms with E-state index >= 15 is 0 Å². The van der Waals surface area contributed by atoms with E-state index < -0.39 is 0 Å². The average molecular weight is 348 g/mol. The number of nitrogens with zero attached hydrogens (tertiary/aromatic N) is 1. The number of allylic oxidation sites excluding steroid dienone is 6. The molecule has 0 rings (SSSR count). The second kappa shape index (κ2) is 21.2. The molecule has 0 saturated heterocycles. The molecule has 0 amide bonds. The molecule has 0 aliphatic rings. The third-order valence-electron chi connectivity index (χ3n) is 4.74. The van der Waals surface area contributed by atoms with E-state index in [9.17, 15) is 0 Å². The lowest BCUT2D eigenvalue weighted by Gasteiger charge is -2.22. The van der Waals surface area contributed by atoms with Crippen LogP contribution < -0.4 is 0 Å². The summed E-state index contributed by atoms with van der Waals surface area (Å²) in [4.78, 5) is 2.74. The van der Waals surface area contributed by atoms with Crippen molar-refractivity contribution in [3.05, 3.63) is 36.5 Å². The molecule has 0 heterocycles. The molecule has 1 heteroatoms. The summed E-state index contributed by atoms with van der Waals surface area (Å²) < 4.78 is 0. The minimum Gasteiger partial charge on any atom is -0.303 e. The molecular formula is C24H45N. The monoisotopic (exact) mass is 347 g/mol. The van der Waals surface area contributed by atoms with Crippen molar-refractivity contribution in [2.75, 3.05) is 19.6 Å². The topological polar surface area (TPSA) is 3.24 Å². The fraction of sp³-hybridized carbons (Fsp3) is 0.750. The van der Waals surface area contributed by atoms with Gasteiger partial charge in [-0.3, -0.25) is 0 Å². The van der Waals surface area contributed by atoms with Crippen molar-refractivity contribution in [1.29, 1.82) is 0 Å². The van der Waals surface area contributed by atoms with E-state index in [0.29, 0.717) is 0 Å². The number of unbranched alkanes of at least 4 members (excludes halogenated alkanes) is 9. The molecule has 0 unspecified atom stereocenters. The summed E-state index contributed by atoms with van der Waals surface area (Å²) in [5.74, 6) is 0. The molecule has 1 nitrogen and oxygen atoms in total. The zero-order valence-electron chi connectivity index (χ0n) is 17.5. The van der Waals surface area contributed by atoms with Gasteiger partial charge in [0.15, 0.2) is 0 Å². The van der Waals surface area contributed by atoms with Gasteiger partial charge < -0.3 is 4.90 Å². The summed E-state index contributed by atoms with van der Waals surface area (Å²) in [5.41, 5.74) is 0. The Bertz CT molecular complexity index is 275. The molecule has 0 saturated carbocycles. The third kappa shape index (κ3) is 19.4. The molecule has 0 aliphatic carbocycles. The second-order valence-corrected chi connectivity index (χ2v) is 7.10. The zero-order valence-corrected chi connectivity index (χ0v) is 17.5. The molecule has 0 N–H and O–H groups in total. The van der Waals surface area contributed by atoms with Gasteiger partial charge in [-0.15, -0.1) is 0 Å². The molecule has 0 spiro atoms. The van der Waals surface area contributed by atoms with Crippen molar-refractivity contribution in [3.63, 3.8) is 0 Å². The van der Waals surface area contributed by atoms with Crippen molar-refractivity contribution in [3.8, 4) is 0 Å². The number of rotatable bonds is 18. The van der Waals surface area contributed by atoms with Crippen LogP contribution in [0.15, 0.2) is 36.5 Å². The molecule has 0 aromatic carbocycles. The Hall–Kier alpha value is -0.820. The van der Waals surface area contributed by atoms with E-state index in [2.05, 4.69) is 62.1 Å². The quantitative estimate of drug-likeness (QED) is 0.181. The first-order valence-corrected chi connectivity index (χ1v) is 10.9. The molecule has 0 aromatic rings. The predicted octanol–water partition coefficient (Wildman–Crippen LogP) is 7.70. The van der Waals surface area contributed by atoms with Gasteiger partial charge in [0.1, 0.15) is 0 Å². The smallest absolute Gasteiger partial charge is 0.00187 e. The minimum atomic E-state index is 1.26. The molecule has 146 valence electrons. The van der Waals surface area contributed by atoms with E-state index in [1.165, 1.54) is 96.7 Å². The maximum absolute atomic E-state index is 2.74. The lowest BCUT2D eigenvalue weighted by atomic mass is 10.1. The molecular weight excluding hydrogens is 302 g/mol. The summed E-state index contributed by atoms with van der Waals surface area (Å²) in [6.45, 7) is 10.3. The minimum absolute atomic E-state index is 1.26. The van der Waals surface area contributed by atoms with Crippen LogP contribution in [-0.4, -0.2) is 24.5 Å². The fourth-order valence-electron chi connectivity index (χ4n) is 3.16. The highest BCUT2D eigenvalue weighted by molar-refractivity contribution is 4.77. The average Bonchev–Trinajstić information content (AvgIpc) is 2.63. The van der Waals surface area contributed by atoms with Gasteiger partial charge in [-0.25, -0.2) is 0 Å². The van der Waals surface area contributed by atoms with Crippen LogP contribution in [0.25, 0.3) is 0 Å². The molecule has 0 atom stereocenters. The second-order valence-electron chi connectivity index (χ2n) is 7.10. The lowest BCUT2D eigenvalue weighted by Crippen LogP contribution is -2.27. The fourth-order valence-corrected chi connectivity index (χ4v) is 3.16. The van der Waals surface area contributed by atoms with Gasteiger partial charge in [-0.2, -0.15) is 0 Å². The van der Waals surface area contributed by atoms with Crippen molar-refractivity contribution in [1.82, 2.24) is 4.90 Å². The van der Waals surface area contributed by atoms with Crippen LogP contribution in [0.5, 0.6) is 0 Å². The Morgan fingerprint density at radius 2 is 0.760 bits per heavy atom. The van der Waals surface area contributed by atoms with Crippen LogP contribution in [0, 0.1) is 0 Å². The van der Waals surface area contributed by atoms with E-state index in [4.69, 9.17) is 0 Å². The van der Waals surface area contributed by atoms with Gasteiger partial charge in [-0.05, 0) is 98.2 Å². The van der Waals surface area contributed by atoms with Crippen LogP contribution in [0.4, 0.5) is 0 Å². The van der Waals surface area contributed by atoms with Crippen LogP contribution in [0.1, 0.15) is 97.8 Å². The Morgan fingerprint density at radius 1 is 0.440 bits per heavy atom. The maximum atomic E-state index is 2.74. The summed E-state index contributed by atoms with van der Waals surface area (Å²) in [6, 6.07) is 0. The van der Waals surface area contributed by atoms with Crippen LogP contribution >= 0.6 is 0 Å². The molecule has 0 fully saturated rings. The van der Waals surface area contributed by atoms with Gasteiger partial charge >= 0.3 is 0 Å². The first kappa shape index (κ1) is 24.2. The highest BCUT2D eigenvalue weighted by atomic mass is 15.1. The zero-order chi connectivity index (χ0) is 18.4. The standard InChI is InChI=1S/C24H45N/c1-4-7-10-13-16-19-22-25(23-20-17-14-11-8-5-2)24-21-18-15-12-9-6-3/h4-9H,10-24H2,1-3H3/b7-4+,8-5+,9-6+. The first-order chi connectivity index (χ1) is 12.3. The Kier molecular flexibility index (Phi) is 20.5. The SMILES string of the molecule is C/C=C/CCCCCN(CCCCC/C=C/C)CCCCC/C=C/C. The van der Waals surface area contributed by atoms with Crippen LogP contribution in [0.3, 0.4) is 0 Å². The Labute approximate surface area is 159 Å². The van der Waals surface area contributed by atoms with Crippen molar-refractivity contribution < 1.29 is 0 Å². The van der Waals surface area contributed by atoms with Crippen molar-refractivity contribution >= 4 is 0 Å². The largest absolute Gasteiger partial charge is 0.303 e. The highest BCUT2D eigenvalue weighted by Crippen LogP contribution is 2.09. The van der Waals surface area contributed by atoms with Gasteiger partial charge in [-0.1, -0.05) is 55.7 Å². The van der Waals surface area contributed by atoms with Crippen molar-refractivity contribution in [2.24, 2.45) is 0 Å². The highest BCUT2D eigenvalue weighted by Gasteiger charge is 2.04. The van der Waals surface area contributed by atoms with E-state index in [-0.39, 0.29) is 0 Å². The summed E-state index contributed by atoms with van der Waals surface area (Å²) in [5, 5.41) is 0. The molecule has 0 bridgehead atoms. The third-order valence-corrected chi connectivity index (χ3v) is 4.74. The van der Waals surface area contributed by atoms with E-state index in [1.807, 2.05) is 0 Å². The predicted molar refractivity (Wildman–Crippen MR) is 116 cm³/mol. The number of hydrogen-bond acceptors (Lipinski definition) is 1. The van der Waals surface area contributed by atoms with Gasteiger partial charge in [0, 0.05) is 0 Å². The van der Waals surface area contributed by atoms with Crippen LogP contribution in [0.2, 0.25) is 0 Å². The van der Waals surface area contributed by atoms with Crippen LogP contribution in [-0.2, 0) is 0 Å². The van der Waals surface area contributed by atoms with Crippen molar-refractivity contribution in [2.45, 2.75) is 97.8 Å². The first-order valence-electron chi connectivity index (χ1n) is 10.9. The van der Waals surface area contributed by atoms with E-state index in [0.717, 1.165) is 0 Å². The Balaban J connectivity index is 3.87.